The minimum atomic E-state index is 1.28. The topological polar surface area (TPSA) is 34.1 Å². The minimum absolute atomic E-state index is 1.28. The Labute approximate surface area is 95.6 Å². The van der Waals surface area contributed by atoms with E-state index in [0.717, 1.165) is 0 Å². The van der Waals surface area contributed by atoms with Gasteiger partial charge >= 0.3 is 0 Å². The summed E-state index contributed by atoms with van der Waals surface area (Å²) in [6, 6.07) is 20.8. The van der Waals surface area contributed by atoms with Crippen molar-refractivity contribution in [2.45, 2.75) is 0 Å². The van der Waals surface area contributed by atoms with Crippen LogP contribution in [0.5, 0.6) is 0 Å². The lowest BCUT2D eigenvalue weighted by atomic mass is 10.1. The molecule has 2 nitrogen and oxygen atoms in total. The number of carbonyl (C=O) groups is 2. The van der Waals surface area contributed by atoms with Crippen LogP contribution in [0.3, 0.4) is 0 Å². The fraction of sp³-hybridized carbons (Fsp3) is 0. The Bertz CT molecular complexity index is 331. The van der Waals surface area contributed by atoms with E-state index in [4.69, 9.17) is 9.59 Å². The van der Waals surface area contributed by atoms with Crippen LogP contribution in [0, 0.1) is 0 Å². The van der Waals surface area contributed by atoms with Crippen molar-refractivity contribution in [1.82, 2.24) is 0 Å². The van der Waals surface area contributed by atoms with Crippen LogP contribution in [0.15, 0.2) is 60.7 Å². The summed E-state index contributed by atoms with van der Waals surface area (Å²) >= 11 is 0. The molecule has 0 atom stereocenters. The molecule has 0 aliphatic heterocycles. The fourth-order valence-electron chi connectivity index (χ4n) is 1.26. The normalized spacial score (nSPS) is 7.75. The summed E-state index contributed by atoms with van der Waals surface area (Å²) in [5.74, 6) is 0. The van der Waals surface area contributed by atoms with Crippen LogP contribution in [-0.4, -0.2) is 13.6 Å². The van der Waals surface area contributed by atoms with Crippen molar-refractivity contribution in [1.29, 1.82) is 0 Å². The Morgan fingerprint density at radius 1 is 0.500 bits per heavy atom. The van der Waals surface area contributed by atoms with Crippen molar-refractivity contribution in [2.24, 2.45) is 0 Å². The molecule has 0 saturated heterocycles. The van der Waals surface area contributed by atoms with Gasteiger partial charge in [-0.3, -0.25) is 0 Å². The van der Waals surface area contributed by atoms with Crippen LogP contribution in [0.25, 0.3) is 11.1 Å². The molecule has 0 aliphatic rings. The van der Waals surface area contributed by atoms with Crippen LogP contribution < -0.4 is 0 Å². The van der Waals surface area contributed by atoms with Gasteiger partial charge in [0.25, 0.3) is 0 Å². The highest BCUT2D eigenvalue weighted by atomic mass is 16.1. The van der Waals surface area contributed by atoms with Gasteiger partial charge in [-0.05, 0) is 11.1 Å². The Kier molecular flexibility index (Phi) is 8.04. The molecule has 0 saturated carbocycles. The highest BCUT2D eigenvalue weighted by molar-refractivity contribution is 5.62. The van der Waals surface area contributed by atoms with Crippen molar-refractivity contribution in [2.75, 3.05) is 0 Å². The molecule has 0 radical (unpaired) electrons. The first-order chi connectivity index (χ1) is 7.97. The lowest BCUT2D eigenvalue weighted by Gasteiger charge is -1.98. The Morgan fingerprint density at radius 2 is 0.750 bits per heavy atom. The summed E-state index contributed by atoms with van der Waals surface area (Å²) in [5, 5.41) is 0. The summed E-state index contributed by atoms with van der Waals surface area (Å²) in [5.41, 5.74) is 2.55. The molecule has 2 aromatic rings. The molecule has 2 heteroatoms. The first kappa shape index (κ1) is 13.8. The van der Waals surface area contributed by atoms with Gasteiger partial charge in [-0.25, -0.2) is 0 Å². The first-order valence-electron chi connectivity index (χ1n) is 4.65. The highest BCUT2D eigenvalue weighted by Gasteiger charge is 1.91. The van der Waals surface area contributed by atoms with Crippen molar-refractivity contribution in [3.8, 4) is 11.1 Å². The third-order valence-corrected chi connectivity index (χ3v) is 1.88. The van der Waals surface area contributed by atoms with E-state index in [0.29, 0.717) is 0 Å². The van der Waals surface area contributed by atoms with Gasteiger partial charge < -0.3 is 9.59 Å². The van der Waals surface area contributed by atoms with Crippen LogP contribution in [0.1, 0.15) is 0 Å². The molecular formula is C14H14O2. The van der Waals surface area contributed by atoms with Gasteiger partial charge in [0.2, 0.25) is 0 Å². The molecule has 0 amide bonds. The molecule has 0 spiro atoms. The molecule has 0 unspecified atom stereocenters. The SMILES string of the molecule is C=O.C=O.c1ccc(-c2ccccc2)cc1. The second-order valence-corrected chi connectivity index (χ2v) is 2.73. The quantitative estimate of drug-likeness (QED) is 0.731. The highest BCUT2D eigenvalue weighted by Crippen LogP contribution is 2.17. The summed E-state index contributed by atoms with van der Waals surface area (Å²) in [6.07, 6.45) is 0. The van der Waals surface area contributed by atoms with E-state index in [1.54, 1.807) is 0 Å². The van der Waals surface area contributed by atoms with Gasteiger partial charge in [0.15, 0.2) is 0 Å². The number of benzene rings is 2. The van der Waals surface area contributed by atoms with Gasteiger partial charge in [0.1, 0.15) is 13.6 Å². The molecule has 0 aromatic heterocycles. The molecule has 0 fully saturated rings. The molecule has 0 N–H and O–H groups in total. The van der Waals surface area contributed by atoms with Gasteiger partial charge in [0.05, 0.1) is 0 Å². The number of carbonyl (C=O) groups excluding carboxylic acids is 2. The number of hydrogen-bond donors (Lipinski definition) is 0. The average Bonchev–Trinajstić information content (AvgIpc) is 2.45. The Morgan fingerprint density at radius 3 is 1.00 bits per heavy atom. The maximum absolute atomic E-state index is 8.00. The molecule has 0 bridgehead atoms. The lowest BCUT2D eigenvalue weighted by molar-refractivity contribution is -0.0987. The third-order valence-electron chi connectivity index (χ3n) is 1.88. The van der Waals surface area contributed by atoms with Crippen LogP contribution in [0.4, 0.5) is 0 Å². The van der Waals surface area contributed by atoms with E-state index in [1.807, 2.05) is 25.7 Å². The van der Waals surface area contributed by atoms with Gasteiger partial charge in [-0.2, -0.15) is 0 Å². The van der Waals surface area contributed by atoms with E-state index < -0.39 is 0 Å². The Balaban J connectivity index is 0.000000509. The molecule has 2 aromatic carbocycles. The lowest BCUT2D eigenvalue weighted by Crippen LogP contribution is -1.73. The molecule has 0 heterocycles. The van der Waals surface area contributed by atoms with Gasteiger partial charge in [0, 0.05) is 0 Å². The van der Waals surface area contributed by atoms with Crippen molar-refractivity contribution >= 4 is 13.6 Å². The predicted molar refractivity (Wildman–Crippen MR) is 66.1 cm³/mol. The molecule has 16 heavy (non-hydrogen) atoms. The number of rotatable bonds is 1. The van der Waals surface area contributed by atoms with Crippen molar-refractivity contribution in [3.63, 3.8) is 0 Å². The van der Waals surface area contributed by atoms with E-state index >= 15 is 0 Å². The summed E-state index contributed by atoms with van der Waals surface area (Å²) < 4.78 is 0. The number of hydrogen-bond acceptors (Lipinski definition) is 2. The predicted octanol–water partition coefficient (Wildman–Crippen LogP) is 2.98. The maximum Gasteiger partial charge on any atom is 0.106 e. The second kappa shape index (κ2) is 9.34. The van der Waals surface area contributed by atoms with E-state index in [9.17, 15) is 0 Å². The second-order valence-electron chi connectivity index (χ2n) is 2.73. The summed E-state index contributed by atoms with van der Waals surface area (Å²) in [6.45, 7) is 4.00. The summed E-state index contributed by atoms with van der Waals surface area (Å²) in [4.78, 5) is 16.0. The maximum atomic E-state index is 8.00. The minimum Gasteiger partial charge on any atom is -0.307 e. The van der Waals surface area contributed by atoms with E-state index in [1.165, 1.54) is 11.1 Å². The standard InChI is InChI=1S/C12H10.2CH2O/c1-3-7-11(8-4-1)12-9-5-2-6-10-12;2*1-2/h1-10H;2*1H2. The zero-order chi connectivity index (χ0) is 12.2. The largest absolute Gasteiger partial charge is 0.307 e. The van der Waals surface area contributed by atoms with Crippen molar-refractivity contribution in [3.05, 3.63) is 60.7 Å². The van der Waals surface area contributed by atoms with Crippen molar-refractivity contribution < 1.29 is 9.59 Å². The molecular weight excluding hydrogens is 200 g/mol. The smallest absolute Gasteiger partial charge is 0.106 e. The summed E-state index contributed by atoms with van der Waals surface area (Å²) in [7, 11) is 0. The van der Waals surface area contributed by atoms with Crippen LogP contribution in [0.2, 0.25) is 0 Å². The van der Waals surface area contributed by atoms with Gasteiger partial charge in [-0.15, -0.1) is 0 Å². The van der Waals surface area contributed by atoms with E-state index in [-0.39, 0.29) is 0 Å². The van der Waals surface area contributed by atoms with E-state index in [2.05, 4.69) is 48.5 Å². The zero-order valence-corrected chi connectivity index (χ0v) is 9.00. The average molecular weight is 214 g/mol. The van der Waals surface area contributed by atoms with Gasteiger partial charge in [-0.1, -0.05) is 60.7 Å². The third kappa shape index (κ3) is 4.33. The molecule has 2 rings (SSSR count). The fourth-order valence-corrected chi connectivity index (χ4v) is 1.26. The monoisotopic (exact) mass is 214 g/mol. The van der Waals surface area contributed by atoms with Crippen LogP contribution in [-0.2, 0) is 9.59 Å². The first-order valence-corrected chi connectivity index (χ1v) is 4.65. The Hall–Kier alpha value is -2.22. The van der Waals surface area contributed by atoms with Crippen LogP contribution >= 0.6 is 0 Å². The zero-order valence-electron chi connectivity index (χ0n) is 9.00. The molecule has 0 aliphatic carbocycles. The molecule has 82 valence electrons.